The molecule has 1 aromatic rings. The quantitative estimate of drug-likeness (QED) is 0.674. The highest BCUT2D eigenvalue weighted by Crippen LogP contribution is 2.23. The molecule has 2 fully saturated rings. The third-order valence-electron chi connectivity index (χ3n) is 5.67. The highest BCUT2D eigenvalue weighted by Gasteiger charge is 2.25. The third-order valence-corrected chi connectivity index (χ3v) is 6.41. The Kier molecular flexibility index (Phi) is 8.35. The highest BCUT2D eigenvalue weighted by atomic mass is 35.5. The molecule has 1 N–H and O–H groups in total. The number of aliphatic hydroxyl groups is 1. The third kappa shape index (κ3) is 6.69. The topological polar surface area (TPSA) is 81.2 Å². The van der Waals surface area contributed by atoms with Crippen molar-refractivity contribution in [3.63, 3.8) is 0 Å². The average Bonchev–Trinajstić information content (AvgIpc) is 2.94. The number of piperidine rings is 1. The van der Waals surface area contributed by atoms with Gasteiger partial charge in [0, 0.05) is 58.2 Å². The first kappa shape index (κ1) is 23.6. The van der Waals surface area contributed by atoms with Crippen LogP contribution >= 0.6 is 23.2 Å². The average molecular weight is 468 g/mol. The van der Waals surface area contributed by atoms with Crippen molar-refractivity contribution in [1.82, 2.24) is 14.7 Å². The van der Waals surface area contributed by atoms with Crippen LogP contribution in [0.5, 0.6) is 0 Å². The number of carbonyl (C=O) groups is 3. The highest BCUT2D eigenvalue weighted by molar-refractivity contribution is 6.42. The molecule has 0 unspecified atom stereocenters. The maximum atomic E-state index is 12.6. The van der Waals surface area contributed by atoms with Gasteiger partial charge >= 0.3 is 0 Å². The maximum Gasteiger partial charge on any atom is 0.246 e. The fraction of sp³-hybridized carbons (Fsp3) is 0.500. The number of hydrogen-bond acceptors (Lipinski definition) is 4. The fourth-order valence-electron chi connectivity index (χ4n) is 3.72. The summed E-state index contributed by atoms with van der Waals surface area (Å²) in [4.78, 5) is 42.4. The summed E-state index contributed by atoms with van der Waals surface area (Å²) in [6, 6.07) is 5.12. The number of aliphatic hydroxyl groups excluding tert-OH is 1. The Balaban J connectivity index is 1.49. The minimum absolute atomic E-state index is 0.00133. The first-order valence-corrected chi connectivity index (χ1v) is 11.2. The Bertz CT molecular complexity index is 853. The van der Waals surface area contributed by atoms with Crippen molar-refractivity contribution in [2.24, 2.45) is 0 Å². The van der Waals surface area contributed by atoms with Gasteiger partial charge < -0.3 is 19.8 Å². The number of amides is 3. The maximum absolute atomic E-state index is 12.6. The normalized spacial score (nSPS) is 18.5. The largest absolute Gasteiger partial charge is 0.393 e. The van der Waals surface area contributed by atoms with Gasteiger partial charge in [-0.25, -0.2) is 0 Å². The van der Waals surface area contributed by atoms with Crippen LogP contribution < -0.4 is 0 Å². The molecular formula is C22H27Cl2N3O4. The van der Waals surface area contributed by atoms with Crippen LogP contribution in [0.1, 0.15) is 31.2 Å². The number of carbonyl (C=O) groups excluding carboxylic acids is 3. The van der Waals surface area contributed by atoms with Gasteiger partial charge in [0.2, 0.25) is 17.7 Å². The SMILES string of the molecule is O=C(/C=C/c1ccc(Cl)c(Cl)c1)N1CCC(=O)N(CCC(=O)N2CCC(O)CC2)CC1. The molecule has 7 nitrogen and oxygen atoms in total. The Morgan fingerprint density at radius 2 is 1.77 bits per heavy atom. The Morgan fingerprint density at radius 3 is 2.48 bits per heavy atom. The van der Waals surface area contributed by atoms with Crippen molar-refractivity contribution in [1.29, 1.82) is 0 Å². The summed E-state index contributed by atoms with van der Waals surface area (Å²) >= 11 is 11.9. The predicted molar refractivity (Wildman–Crippen MR) is 120 cm³/mol. The Morgan fingerprint density at radius 1 is 1.03 bits per heavy atom. The Hall–Kier alpha value is -2.09. The summed E-state index contributed by atoms with van der Waals surface area (Å²) in [5.74, 6) is -0.226. The van der Waals surface area contributed by atoms with Crippen LogP contribution in [0.3, 0.4) is 0 Å². The fourth-order valence-corrected chi connectivity index (χ4v) is 4.02. The number of halogens is 2. The number of benzene rings is 1. The molecule has 0 aliphatic carbocycles. The zero-order valence-electron chi connectivity index (χ0n) is 17.3. The lowest BCUT2D eigenvalue weighted by Gasteiger charge is -2.30. The van der Waals surface area contributed by atoms with Crippen LogP contribution in [0, 0.1) is 0 Å². The van der Waals surface area contributed by atoms with Gasteiger partial charge in [-0.15, -0.1) is 0 Å². The summed E-state index contributed by atoms with van der Waals surface area (Å²) in [5.41, 5.74) is 0.763. The van der Waals surface area contributed by atoms with Gasteiger partial charge in [-0.2, -0.15) is 0 Å². The van der Waals surface area contributed by atoms with Crippen molar-refractivity contribution in [3.05, 3.63) is 39.9 Å². The smallest absolute Gasteiger partial charge is 0.246 e. The second kappa shape index (κ2) is 11.0. The van der Waals surface area contributed by atoms with E-state index in [2.05, 4.69) is 0 Å². The molecule has 2 heterocycles. The summed E-state index contributed by atoms with van der Waals surface area (Å²) in [7, 11) is 0. The van der Waals surface area contributed by atoms with Crippen LogP contribution in [0.15, 0.2) is 24.3 Å². The van der Waals surface area contributed by atoms with E-state index in [0.29, 0.717) is 62.2 Å². The molecule has 2 aliphatic heterocycles. The summed E-state index contributed by atoms with van der Waals surface area (Å²) < 4.78 is 0. The van der Waals surface area contributed by atoms with E-state index in [1.807, 2.05) is 0 Å². The first-order chi connectivity index (χ1) is 14.8. The molecule has 0 saturated carbocycles. The van der Waals surface area contributed by atoms with Crippen molar-refractivity contribution in [2.45, 2.75) is 31.8 Å². The second-order valence-corrected chi connectivity index (χ2v) is 8.64. The first-order valence-electron chi connectivity index (χ1n) is 10.5. The van der Waals surface area contributed by atoms with Gasteiger partial charge in [0.25, 0.3) is 0 Å². The van der Waals surface area contributed by atoms with Crippen LogP contribution in [-0.2, 0) is 14.4 Å². The van der Waals surface area contributed by atoms with Gasteiger partial charge in [-0.3, -0.25) is 14.4 Å². The van der Waals surface area contributed by atoms with Crippen molar-refractivity contribution in [3.8, 4) is 0 Å². The van der Waals surface area contributed by atoms with E-state index >= 15 is 0 Å². The second-order valence-electron chi connectivity index (χ2n) is 7.82. The predicted octanol–water partition coefficient (Wildman–Crippen LogP) is 2.44. The number of hydrogen-bond donors (Lipinski definition) is 1. The van der Waals surface area contributed by atoms with E-state index in [4.69, 9.17) is 23.2 Å². The molecule has 0 bridgehead atoms. The lowest BCUT2D eigenvalue weighted by molar-refractivity contribution is -0.135. The van der Waals surface area contributed by atoms with Crippen LogP contribution in [0.4, 0.5) is 0 Å². The van der Waals surface area contributed by atoms with E-state index < -0.39 is 0 Å². The molecule has 2 aliphatic rings. The van der Waals surface area contributed by atoms with Gasteiger partial charge in [-0.1, -0.05) is 29.3 Å². The molecule has 1 aromatic carbocycles. The number of likely N-dealkylation sites (tertiary alicyclic amines) is 1. The lowest BCUT2D eigenvalue weighted by Crippen LogP contribution is -2.42. The van der Waals surface area contributed by atoms with E-state index in [1.54, 1.807) is 39.0 Å². The van der Waals surface area contributed by atoms with Gasteiger partial charge in [-0.05, 0) is 36.6 Å². The number of rotatable bonds is 5. The summed E-state index contributed by atoms with van der Waals surface area (Å²) in [5, 5.41) is 10.4. The van der Waals surface area contributed by atoms with Gasteiger partial charge in [0.1, 0.15) is 0 Å². The molecule has 3 rings (SSSR count). The molecule has 0 spiro atoms. The molecule has 3 amide bonds. The standard InChI is InChI=1S/C22H27Cl2N3O4/c23-18-3-1-16(15-19(18)24)2-4-20(29)26-11-8-22(31)27(14-13-26)12-7-21(30)25-9-5-17(28)6-10-25/h1-4,15,17,28H,5-14H2/b4-2+. The number of nitrogens with zero attached hydrogens (tertiary/aromatic N) is 3. The van der Waals surface area contributed by atoms with Crippen molar-refractivity contribution < 1.29 is 19.5 Å². The molecule has 9 heteroatoms. The van der Waals surface area contributed by atoms with E-state index in [-0.39, 0.29) is 36.7 Å². The monoisotopic (exact) mass is 467 g/mol. The minimum Gasteiger partial charge on any atom is -0.393 e. The summed E-state index contributed by atoms with van der Waals surface area (Å²) in [6.07, 6.45) is 4.49. The molecule has 168 valence electrons. The van der Waals surface area contributed by atoms with Crippen LogP contribution in [0.2, 0.25) is 10.0 Å². The zero-order valence-corrected chi connectivity index (χ0v) is 18.8. The van der Waals surface area contributed by atoms with E-state index in [0.717, 1.165) is 5.56 Å². The lowest BCUT2D eigenvalue weighted by atomic mass is 10.1. The minimum atomic E-state index is -0.328. The van der Waals surface area contributed by atoms with Gasteiger partial charge in [0.15, 0.2) is 0 Å². The van der Waals surface area contributed by atoms with Crippen molar-refractivity contribution >= 4 is 47.0 Å². The van der Waals surface area contributed by atoms with Crippen LogP contribution in [0.25, 0.3) is 6.08 Å². The van der Waals surface area contributed by atoms with Crippen LogP contribution in [-0.4, -0.2) is 82.9 Å². The zero-order chi connectivity index (χ0) is 22.4. The van der Waals surface area contributed by atoms with E-state index in [1.165, 1.54) is 6.08 Å². The molecule has 0 aromatic heterocycles. The molecule has 0 atom stereocenters. The van der Waals surface area contributed by atoms with E-state index in [9.17, 15) is 19.5 Å². The molecule has 0 radical (unpaired) electrons. The Labute approximate surface area is 192 Å². The molecular weight excluding hydrogens is 441 g/mol. The summed E-state index contributed by atoms with van der Waals surface area (Å²) in [6.45, 7) is 2.62. The van der Waals surface area contributed by atoms with Crippen molar-refractivity contribution in [2.75, 3.05) is 39.3 Å². The molecule has 31 heavy (non-hydrogen) atoms. The van der Waals surface area contributed by atoms with Gasteiger partial charge in [0.05, 0.1) is 16.1 Å². The molecule has 2 saturated heterocycles.